The predicted octanol–water partition coefficient (Wildman–Crippen LogP) is 1.39. The van der Waals surface area contributed by atoms with Crippen molar-refractivity contribution in [1.82, 2.24) is 0 Å². The fraction of sp³-hybridized carbons (Fsp3) is 0.455. The third kappa shape index (κ3) is 2.29. The summed E-state index contributed by atoms with van der Waals surface area (Å²) in [5.41, 5.74) is 2.37. The average Bonchev–Trinajstić information content (AvgIpc) is 2.23. The number of hydrogen-bond acceptors (Lipinski definition) is 3. The summed E-state index contributed by atoms with van der Waals surface area (Å²) in [4.78, 5) is 0. The summed E-state index contributed by atoms with van der Waals surface area (Å²) in [5, 5.41) is 1.03. The van der Waals surface area contributed by atoms with E-state index in [-0.39, 0.29) is 0 Å². The minimum atomic E-state index is -2.66. The molecular formula is C11H18O3Si. The lowest BCUT2D eigenvalue weighted by Gasteiger charge is -2.26. The van der Waals surface area contributed by atoms with Crippen LogP contribution in [0.5, 0.6) is 0 Å². The monoisotopic (exact) mass is 226 g/mol. The van der Waals surface area contributed by atoms with Crippen molar-refractivity contribution < 1.29 is 13.3 Å². The summed E-state index contributed by atoms with van der Waals surface area (Å²) in [7, 11) is 2.21. The summed E-state index contributed by atoms with van der Waals surface area (Å²) >= 11 is 0. The lowest BCUT2D eigenvalue weighted by molar-refractivity contribution is 0.140. The van der Waals surface area contributed by atoms with Crippen LogP contribution < -0.4 is 5.19 Å². The normalized spacial score (nSPS) is 11.8. The van der Waals surface area contributed by atoms with Crippen molar-refractivity contribution in [3.05, 3.63) is 29.3 Å². The Labute approximate surface area is 92.3 Å². The first-order chi connectivity index (χ1) is 7.09. The topological polar surface area (TPSA) is 27.7 Å². The van der Waals surface area contributed by atoms with Crippen molar-refractivity contribution in [1.29, 1.82) is 0 Å². The number of hydrogen-bond donors (Lipinski definition) is 0. The van der Waals surface area contributed by atoms with Crippen molar-refractivity contribution in [3.63, 3.8) is 0 Å². The predicted molar refractivity (Wildman–Crippen MR) is 62.3 cm³/mol. The molecule has 0 aliphatic carbocycles. The van der Waals surface area contributed by atoms with Gasteiger partial charge in [-0.1, -0.05) is 23.8 Å². The van der Waals surface area contributed by atoms with Crippen LogP contribution in [-0.4, -0.2) is 30.1 Å². The van der Waals surface area contributed by atoms with Gasteiger partial charge in [-0.3, -0.25) is 0 Å². The van der Waals surface area contributed by atoms with Gasteiger partial charge in [0, 0.05) is 26.5 Å². The van der Waals surface area contributed by atoms with Gasteiger partial charge in [-0.25, -0.2) is 0 Å². The van der Waals surface area contributed by atoms with Crippen molar-refractivity contribution in [2.24, 2.45) is 0 Å². The second kappa shape index (κ2) is 4.89. The van der Waals surface area contributed by atoms with Crippen LogP contribution in [0.4, 0.5) is 0 Å². The minimum absolute atomic E-state index is 1.03. The molecule has 0 N–H and O–H groups in total. The second-order valence-corrected chi connectivity index (χ2v) is 6.36. The Morgan fingerprint density at radius 2 is 1.47 bits per heavy atom. The molecule has 0 fully saturated rings. The van der Waals surface area contributed by atoms with Gasteiger partial charge in [-0.05, 0) is 19.4 Å². The van der Waals surface area contributed by atoms with E-state index in [1.54, 1.807) is 21.3 Å². The van der Waals surface area contributed by atoms with E-state index in [0.29, 0.717) is 0 Å². The first-order valence-electron chi connectivity index (χ1n) is 4.83. The maximum atomic E-state index is 5.44. The Kier molecular flexibility index (Phi) is 4.04. The first kappa shape index (κ1) is 12.4. The molecule has 0 aliphatic rings. The van der Waals surface area contributed by atoms with Crippen LogP contribution in [-0.2, 0) is 13.3 Å². The highest BCUT2D eigenvalue weighted by atomic mass is 28.4. The fourth-order valence-electron chi connectivity index (χ4n) is 1.74. The molecule has 84 valence electrons. The highest BCUT2D eigenvalue weighted by Crippen LogP contribution is 2.11. The summed E-state index contributed by atoms with van der Waals surface area (Å²) in [6, 6.07) is 6.17. The van der Waals surface area contributed by atoms with Crippen molar-refractivity contribution in [2.45, 2.75) is 13.8 Å². The molecule has 1 aromatic rings. The third-order valence-corrected chi connectivity index (χ3v) is 5.35. The molecule has 15 heavy (non-hydrogen) atoms. The van der Waals surface area contributed by atoms with Gasteiger partial charge in [-0.15, -0.1) is 0 Å². The van der Waals surface area contributed by atoms with Crippen LogP contribution in [0.3, 0.4) is 0 Å². The number of benzene rings is 1. The van der Waals surface area contributed by atoms with E-state index in [2.05, 4.69) is 13.0 Å². The maximum Gasteiger partial charge on any atom is 0.536 e. The third-order valence-electron chi connectivity index (χ3n) is 2.52. The molecule has 1 aromatic carbocycles. The fourth-order valence-corrected chi connectivity index (χ4v) is 3.74. The van der Waals surface area contributed by atoms with Crippen LogP contribution in [0, 0.1) is 13.8 Å². The molecule has 0 amide bonds. The summed E-state index contributed by atoms with van der Waals surface area (Å²) in [6.07, 6.45) is 0. The van der Waals surface area contributed by atoms with E-state index in [1.807, 2.05) is 19.1 Å². The van der Waals surface area contributed by atoms with Crippen LogP contribution >= 0.6 is 0 Å². The van der Waals surface area contributed by atoms with Gasteiger partial charge < -0.3 is 13.3 Å². The molecule has 0 aliphatic heterocycles. The van der Waals surface area contributed by atoms with Gasteiger partial charge in [0.2, 0.25) is 0 Å². The molecule has 3 nitrogen and oxygen atoms in total. The molecular weight excluding hydrogens is 208 g/mol. The van der Waals surface area contributed by atoms with E-state index in [9.17, 15) is 0 Å². The van der Waals surface area contributed by atoms with Crippen LogP contribution in [0.15, 0.2) is 18.2 Å². The van der Waals surface area contributed by atoms with Crippen LogP contribution in [0.25, 0.3) is 0 Å². The summed E-state index contributed by atoms with van der Waals surface area (Å²) < 4.78 is 16.3. The lowest BCUT2D eigenvalue weighted by atomic mass is 10.2. The Bertz CT molecular complexity index is 326. The summed E-state index contributed by atoms with van der Waals surface area (Å²) in [6.45, 7) is 4.10. The van der Waals surface area contributed by atoms with Crippen molar-refractivity contribution in [2.75, 3.05) is 21.3 Å². The minimum Gasteiger partial charge on any atom is -0.373 e. The zero-order chi connectivity index (χ0) is 11.5. The van der Waals surface area contributed by atoms with Gasteiger partial charge in [0.1, 0.15) is 0 Å². The first-order valence-corrected chi connectivity index (χ1v) is 6.55. The van der Waals surface area contributed by atoms with Gasteiger partial charge in [0.05, 0.1) is 0 Å². The highest BCUT2D eigenvalue weighted by molar-refractivity contribution is 6.75. The second-order valence-electron chi connectivity index (χ2n) is 3.49. The molecule has 0 bridgehead atoms. The average molecular weight is 226 g/mol. The smallest absolute Gasteiger partial charge is 0.373 e. The Balaban J connectivity index is 3.22. The molecule has 0 heterocycles. The van der Waals surface area contributed by atoms with Crippen LogP contribution in [0.2, 0.25) is 0 Å². The number of rotatable bonds is 4. The van der Waals surface area contributed by atoms with Gasteiger partial charge in [0.15, 0.2) is 0 Å². The highest BCUT2D eigenvalue weighted by Gasteiger charge is 2.41. The van der Waals surface area contributed by atoms with E-state index in [4.69, 9.17) is 13.3 Å². The molecule has 0 saturated heterocycles. The molecule has 0 unspecified atom stereocenters. The molecule has 0 aromatic heterocycles. The molecule has 0 radical (unpaired) electrons. The Morgan fingerprint density at radius 3 is 1.87 bits per heavy atom. The Hall–Kier alpha value is -0.683. The van der Waals surface area contributed by atoms with E-state index in [0.717, 1.165) is 10.8 Å². The van der Waals surface area contributed by atoms with E-state index < -0.39 is 8.80 Å². The van der Waals surface area contributed by atoms with Crippen molar-refractivity contribution >= 4 is 14.0 Å². The van der Waals surface area contributed by atoms with Gasteiger partial charge >= 0.3 is 8.80 Å². The van der Waals surface area contributed by atoms with Gasteiger partial charge in [-0.2, -0.15) is 0 Å². The molecule has 1 rings (SSSR count). The SMILES string of the molecule is CO[Si](OC)(OC)c1ccc(C)cc1C. The quantitative estimate of drug-likeness (QED) is 0.726. The van der Waals surface area contributed by atoms with Crippen molar-refractivity contribution in [3.8, 4) is 0 Å². The summed E-state index contributed by atoms with van der Waals surface area (Å²) in [5.74, 6) is 0. The lowest BCUT2D eigenvalue weighted by Crippen LogP contribution is -2.55. The molecule has 0 atom stereocenters. The van der Waals surface area contributed by atoms with E-state index in [1.165, 1.54) is 5.56 Å². The number of aryl methyl sites for hydroxylation is 2. The van der Waals surface area contributed by atoms with E-state index >= 15 is 0 Å². The maximum absolute atomic E-state index is 5.44. The van der Waals surface area contributed by atoms with Crippen LogP contribution in [0.1, 0.15) is 11.1 Å². The molecule has 4 heteroatoms. The Morgan fingerprint density at radius 1 is 0.933 bits per heavy atom. The molecule has 0 spiro atoms. The van der Waals surface area contributed by atoms with Gasteiger partial charge in [0.25, 0.3) is 0 Å². The zero-order valence-electron chi connectivity index (χ0n) is 9.96. The largest absolute Gasteiger partial charge is 0.536 e. The standard InChI is InChI=1S/C11H18O3Si/c1-9-6-7-11(10(2)8-9)15(12-3,13-4)14-5/h6-8H,1-5H3. The zero-order valence-corrected chi connectivity index (χ0v) is 11.0. The molecule has 0 saturated carbocycles.